The van der Waals surface area contributed by atoms with E-state index in [0.717, 1.165) is 43.8 Å². The molecule has 0 bridgehead atoms. The van der Waals surface area contributed by atoms with Gasteiger partial charge in [-0.25, -0.2) is 0 Å². The van der Waals surface area contributed by atoms with E-state index in [0.29, 0.717) is 0 Å². The minimum Gasteiger partial charge on any atom is -0.0616 e. The lowest BCUT2D eigenvalue weighted by molar-refractivity contribution is 1.46. The Kier molecular flexibility index (Phi) is 6.24. The van der Waals surface area contributed by atoms with Crippen molar-refractivity contribution in [2.75, 3.05) is 0 Å². The number of hydrogen-bond acceptors (Lipinski definition) is 0. The maximum Gasteiger partial charge on any atom is 0.0406 e. The van der Waals surface area contributed by atoms with E-state index in [4.69, 9.17) is 0 Å². The Morgan fingerprint density at radius 3 is 1.05 bits per heavy atom. The van der Waals surface area contributed by atoms with Crippen LogP contribution in [0.4, 0.5) is 0 Å². The fraction of sp³-hybridized carbons (Fsp3) is 0.0526. The molecule has 38 heavy (non-hydrogen) atoms. The molecule has 0 heterocycles. The van der Waals surface area contributed by atoms with Gasteiger partial charge in [0.25, 0.3) is 0 Å². The quantitative estimate of drug-likeness (QED) is 0.162. The summed E-state index contributed by atoms with van der Waals surface area (Å²) >= 11 is 0. The third-order valence-corrected chi connectivity index (χ3v) is 6.92. The summed E-state index contributed by atoms with van der Waals surface area (Å²) in [5.74, 6) is 13.8. The second kappa shape index (κ2) is 10.1. The first-order valence-corrected chi connectivity index (χ1v) is 12.9. The van der Waals surface area contributed by atoms with Crippen LogP contribution in [0, 0.1) is 37.5 Å². The summed E-state index contributed by atoms with van der Waals surface area (Å²) in [4.78, 5) is 0. The van der Waals surface area contributed by atoms with Gasteiger partial charge < -0.3 is 0 Å². The van der Waals surface area contributed by atoms with Gasteiger partial charge in [0, 0.05) is 22.3 Å². The van der Waals surface area contributed by atoms with Crippen LogP contribution in [0.1, 0.15) is 33.4 Å². The molecule has 0 saturated heterocycles. The van der Waals surface area contributed by atoms with Crippen molar-refractivity contribution in [1.29, 1.82) is 0 Å². The van der Waals surface area contributed by atoms with Crippen LogP contribution in [0.2, 0.25) is 0 Å². The zero-order chi connectivity index (χ0) is 25.9. The van der Waals surface area contributed by atoms with Crippen LogP contribution in [0.5, 0.6) is 0 Å². The van der Waals surface area contributed by atoms with Gasteiger partial charge in [-0.15, -0.1) is 0 Å². The van der Waals surface area contributed by atoms with E-state index in [1.54, 1.807) is 0 Å². The molecule has 0 aromatic heterocycles. The molecule has 0 aliphatic heterocycles. The summed E-state index contributed by atoms with van der Waals surface area (Å²) < 4.78 is 0. The van der Waals surface area contributed by atoms with E-state index in [9.17, 15) is 0 Å². The predicted octanol–water partition coefficient (Wildman–Crippen LogP) is 9.08. The van der Waals surface area contributed by atoms with Crippen LogP contribution >= 0.6 is 0 Å². The van der Waals surface area contributed by atoms with Crippen LogP contribution < -0.4 is 0 Å². The van der Waals surface area contributed by atoms with Crippen molar-refractivity contribution in [3.63, 3.8) is 0 Å². The van der Waals surface area contributed by atoms with E-state index in [-0.39, 0.29) is 0 Å². The lowest BCUT2D eigenvalue weighted by Crippen LogP contribution is -1.90. The highest BCUT2D eigenvalue weighted by atomic mass is 14.1. The molecule has 6 aromatic carbocycles. The summed E-state index contributed by atoms with van der Waals surface area (Å²) in [5, 5.41) is 4.51. The van der Waals surface area contributed by atoms with Crippen molar-refractivity contribution >= 4 is 21.5 Å². The summed E-state index contributed by atoms with van der Waals surface area (Å²) in [6.45, 7) is 4.20. The highest BCUT2D eigenvalue weighted by molar-refractivity contribution is 6.09. The van der Waals surface area contributed by atoms with Crippen molar-refractivity contribution in [3.05, 3.63) is 155 Å². The SMILES string of the molecule is Cc1ccc(C#Cc2c3ccccc3c(C#Cc3ccc(-c4ccc(C)cc4)cc3)c3ccccc23)cc1. The van der Waals surface area contributed by atoms with Crippen molar-refractivity contribution in [3.8, 4) is 34.8 Å². The number of aryl methyl sites for hydroxylation is 2. The first-order valence-electron chi connectivity index (χ1n) is 12.9. The standard InChI is InChI=1S/C38H26/c1-27-11-15-29(16-12-27)19-25-37-33-7-3-5-9-35(33)38(36-10-6-4-8-34(36)37)26-20-30-17-23-32(24-18-30)31-21-13-28(2)14-22-31/h3-18,21-24H,1-2H3. The van der Waals surface area contributed by atoms with Gasteiger partial charge in [-0.3, -0.25) is 0 Å². The van der Waals surface area contributed by atoms with E-state index in [1.165, 1.54) is 22.3 Å². The lowest BCUT2D eigenvalue weighted by Gasteiger charge is -2.10. The maximum atomic E-state index is 3.52. The Bertz CT molecular complexity index is 1840. The monoisotopic (exact) mass is 482 g/mol. The normalized spacial score (nSPS) is 10.5. The molecule has 0 saturated carbocycles. The molecule has 0 amide bonds. The van der Waals surface area contributed by atoms with E-state index < -0.39 is 0 Å². The molecular formula is C38H26. The Hall–Kier alpha value is -5.04. The molecule has 0 nitrogen and oxygen atoms in total. The summed E-state index contributed by atoms with van der Waals surface area (Å²) in [6, 6.07) is 42.4. The molecule has 0 aliphatic carbocycles. The molecule has 0 fully saturated rings. The Morgan fingerprint density at radius 1 is 0.342 bits per heavy atom. The van der Waals surface area contributed by atoms with Gasteiger partial charge >= 0.3 is 0 Å². The van der Waals surface area contributed by atoms with Gasteiger partial charge in [-0.2, -0.15) is 0 Å². The Morgan fingerprint density at radius 2 is 0.658 bits per heavy atom. The Balaban J connectivity index is 1.45. The molecule has 0 spiro atoms. The maximum absolute atomic E-state index is 3.52. The highest BCUT2D eigenvalue weighted by Gasteiger charge is 2.11. The topological polar surface area (TPSA) is 0 Å². The van der Waals surface area contributed by atoms with Crippen LogP contribution in [0.3, 0.4) is 0 Å². The van der Waals surface area contributed by atoms with Gasteiger partial charge in [0.1, 0.15) is 0 Å². The van der Waals surface area contributed by atoms with E-state index in [1.807, 2.05) is 0 Å². The van der Waals surface area contributed by atoms with E-state index >= 15 is 0 Å². The zero-order valence-electron chi connectivity index (χ0n) is 21.5. The average Bonchev–Trinajstić information content (AvgIpc) is 2.96. The molecule has 0 N–H and O–H groups in total. The fourth-order valence-corrected chi connectivity index (χ4v) is 4.80. The van der Waals surface area contributed by atoms with Gasteiger partial charge in [0.2, 0.25) is 0 Å². The number of hydrogen-bond donors (Lipinski definition) is 0. The third kappa shape index (κ3) is 4.69. The number of fused-ring (bicyclic) bond motifs is 2. The van der Waals surface area contributed by atoms with Crippen LogP contribution in [-0.2, 0) is 0 Å². The van der Waals surface area contributed by atoms with Gasteiger partial charge in [0.15, 0.2) is 0 Å². The largest absolute Gasteiger partial charge is 0.0616 e. The first kappa shape index (κ1) is 23.4. The summed E-state index contributed by atoms with van der Waals surface area (Å²) in [7, 11) is 0. The molecular weight excluding hydrogens is 456 g/mol. The predicted molar refractivity (Wildman–Crippen MR) is 161 cm³/mol. The Labute approximate surface area is 224 Å². The highest BCUT2D eigenvalue weighted by Crippen LogP contribution is 2.32. The minimum absolute atomic E-state index is 0.997. The second-order valence-electron chi connectivity index (χ2n) is 9.65. The average molecular weight is 483 g/mol. The molecule has 6 aromatic rings. The van der Waals surface area contributed by atoms with Crippen LogP contribution in [0.25, 0.3) is 32.7 Å². The van der Waals surface area contributed by atoms with Crippen LogP contribution in [-0.4, -0.2) is 0 Å². The summed E-state index contributed by atoms with van der Waals surface area (Å²) in [6.07, 6.45) is 0. The fourth-order valence-electron chi connectivity index (χ4n) is 4.80. The molecule has 0 radical (unpaired) electrons. The molecule has 0 aliphatic rings. The number of rotatable bonds is 1. The molecule has 0 atom stereocenters. The molecule has 0 unspecified atom stereocenters. The molecule has 178 valence electrons. The minimum atomic E-state index is 0.997. The molecule has 6 rings (SSSR count). The van der Waals surface area contributed by atoms with Crippen molar-refractivity contribution in [2.24, 2.45) is 0 Å². The molecule has 0 heteroatoms. The second-order valence-corrected chi connectivity index (χ2v) is 9.65. The van der Waals surface area contributed by atoms with Crippen molar-refractivity contribution in [2.45, 2.75) is 13.8 Å². The van der Waals surface area contributed by atoms with Gasteiger partial charge in [0.05, 0.1) is 0 Å². The van der Waals surface area contributed by atoms with Gasteiger partial charge in [-0.1, -0.05) is 132 Å². The van der Waals surface area contributed by atoms with E-state index in [2.05, 4.69) is 159 Å². The third-order valence-electron chi connectivity index (χ3n) is 6.92. The van der Waals surface area contributed by atoms with Gasteiger partial charge in [-0.05, 0) is 70.8 Å². The summed E-state index contributed by atoms with van der Waals surface area (Å²) in [5.41, 5.74) is 9.02. The van der Waals surface area contributed by atoms with Crippen molar-refractivity contribution in [1.82, 2.24) is 0 Å². The zero-order valence-corrected chi connectivity index (χ0v) is 21.5. The van der Waals surface area contributed by atoms with Crippen LogP contribution in [0.15, 0.2) is 121 Å². The first-order chi connectivity index (χ1) is 18.7. The smallest absolute Gasteiger partial charge is 0.0406 e. The van der Waals surface area contributed by atoms with Crippen molar-refractivity contribution < 1.29 is 0 Å². The number of benzene rings is 6. The lowest BCUT2D eigenvalue weighted by atomic mass is 9.91.